The van der Waals surface area contributed by atoms with Crippen molar-refractivity contribution in [3.05, 3.63) is 59.8 Å². The first kappa shape index (κ1) is 21.1. The van der Waals surface area contributed by atoms with Gasteiger partial charge in [-0.05, 0) is 50.6 Å². The zero-order chi connectivity index (χ0) is 20.5. The van der Waals surface area contributed by atoms with Crippen LogP contribution in [0, 0.1) is 0 Å². The number of anilines is 1. The van der Waals surface area contributed by atoms with Gasteiger partial charge in [0.15, 0.2) is 5.96 Å². The molecule has 156 valence electrons. The van der Waals surface area contributed by atoms with E-state index in [0.29, 0.717) is 12.6 Å². The van der Waals surface area contributed by atoms with Crippen molar-refractivity contribution in [2.24, 2.45) is 4.99 Å². The van der Waals surface area contributed by atoms with Crippen LogP contribution in [0.5, 0.6) is 0 Å². The van der Waals surface area contributed by atoms with Crippen LogP contribution in [0.1, 0.15) is 37.1 Å². The van der Waals surface area contributed by atoms with Crippen LogP contribution in [0.15, 0.2) is 53.5 Å². The van der Waals surface area contributed by atoms with Gasteiger partial charge in [-0.3, -0.25) is 4.90 Å². The molecule has 1 aromatic heterocycles. The van der Waals surface area contributed by atoms with Crippen LogP contribution in [0.2, 0.25) is 0 Å². The Labute approximate surface area is 175 Å². The minimum absolute atomic E-state index is 0.359. The van der Waals surface area contributed by atoms with Crippen molar-refractivity contribution in [1.82, 2.24) is 20.5 Å². The van der Waals surface area contributed by atoms with Crippen LogP contribution < -0.4 is 15.5 Å². The minimum atomic E-state index is 0.359. The maximum Gasteiger partial charge on any atom is 0.191 e. The average Bonchev–Trinajstić information content (AvgIpc) is 3.27. The molecule has 1 saturated heterocycles. The van der Waals surface area contributed by atoms with Crippen LogP contribution in [-0.4, -0.2) is 56.1 Å². The third-order valence-electron chi connectivity index (χ3n) is 5.22. The molecule has 0 saturated carbocycles. The van der Waals surface area contributed by atoms with Crippen LogP contribution in [0.4, 0.5) is 5.82 Å². The molecule has 0 spiro atoms. The highest BCUT2D eigenvalue weighted by molar-refractivity contribution is 5.79. The van der Waals surface area contributed by atoms with Gasteiger partial charge in [0.1, 0.15) is 5.82 Å². The number of hydrogen-bond donors (Lipinski definition) is 2. The van der Waals surface area contributed by atoms with E-state index in [1.807, 2.05) is 37.2 Å². The number of pyridine rings is 1. The molecular weight excluding hydrogens is 360 g/mol. The second kappa shape index (κ2) is 10.8. The SMILES string of the molecule is CCNC(=NCc1cccc(N(C)C)n1)NCC(c1ccccc1)N1CCCC1. The Hall–Kier alpha value is -2.60. The van der Waals surface area contributed by atoms with Crippen molar-refractivity contribution in [2.75, 3.05) is 45.2 Å². The first-order chi connectivity index (χ1) is 14.2. The molecule has 2 heterocycles. The molecular formula is C23H34N6. The zero-order valence-electron chi connectivity index (χ0n) is 17.9. The quantitative estimate of drug-likeness (QED) is 0.532. The maximum atomic E-state index is 4.77. The van der Waals surface area contributed by atoms with Crippen molar-refractivity contribution in [2.45, 2.75) is 32.4 Å². The van der Waals surface area contributed by atoms with E-state index in [1.165, 1.54) is 18.4 Å². The van der Waals surface area contributed by atoms with Crippen molar-refractivity contribution in [3.63, 3.8) is 0 Å². The van der Waals surface area contributed by atoms with Crippen LogP contribution in [0.25, 0.3) is 0 Å². The summed E-state index contributed by atoms with van der Waals surface area (Å²) in [6, 6.07) is 17.2. The minimum Gasteiger partial charge on any atom is -0.363 e. The topological polar surface area (TPSA) is 55.8 Å². The van der Waals surface area contributed by atoms with Gasteiger partial charge in [0.2, 0.25) is 0 Å². The van der Waals surface area contributed by atoms with Crippen LogP contribution in [-0.2, 0) is 6.54 Å². The molecule has 0 amide bonds. The molecule has 6 nitrogen and oxygen atoms in total. The van der Waals surface area contributed by atoms with Gasteiger partial charge >= 0.3 is 0 Å². The van der Waals surface area contributed by atoms with Gasteiger partial charge in [0.05, 0.1) is 18.3 Å². The van der Waals surface area contributed by atoms with E-state index in [9.17, 15) is 0 Å². The maximum absolute atomic E-state index is 4.77. The molecule has 0 bridgehead atoms. The Morgan fingerprint density at radius 3 is 2.52 bits per heavy atom. The van der Waals surface area contributed by atoms with E-state index in [-0.39, 0.29) is 0 Å². The first-order valence-corrected chi connectivity index (χ1v) is 10.6. The predicted octanol–water partition coefficient (Wildman–Crippen LogP) is 3.04. The van der Waals surface area contributed by atoms with Crippen LogP contribution in [0.3, 0.4) is 0 Å². The summed E-state index contributed by atoms with van der Waals surface area (Å²) in [7, 11) is 4.01. The van der Waals surface area contributed by atoms with Crippen molar-refractivity contribution in [3.8, 4) is 0 Å². The van der Waals surface area contributed by atoms with Gasteiger partial charge in [-0.15, -0.1) is 0 Å². The second-order valence-electron chi connectivity index (χ2n) is 7.63. The number of nitrogens with one attached hydrogen (secondary N) is 2. The molecule has 1 atom stereocenters. The summed E-state index contributed by atoms with van der Waals surface area (Å²) in [6.07, 6.45) is 2.57. The lowest BCUT2D eigenvalue weighted by Crippen LogP contribution is -2.42. The summed E-state index contributed by atoms with van der Waals surface area (Å²) >= 11 is 0. The van der Waals surface area contributed by atoms with Gasteiger partial charge in [0, 0.05) is 27.2 Å². The largest absolute Gasteiger partial charge is 0.363 e. The zero-order valence-corrected chi connectivity index (χ0v) is 17.9. The van der Waals surface area contributed by atoms with Gasteiger partial charge in [-0.25, -0.2) is 9.98 Å². The number of rotatable bonds is 8. The Morgan fingerprint density at radius 2 is 1.83 bits per heavy atom. The monoisotopic (exact) mass is 394 g/mol. The summed E-state index contributed by atoms with van der Waals surface area (Å²) < 4.78 is 0. The normalized spacial score (nSPS) is 15.9. The van der Waals surface area contributed by atoms with E-state index in [2.05, 4.69) is 57.8 Å². The fourth-order valence-electron chi connectivity index (χ4n) is 3.69. The smallest absolute Gasteiger partial charge is 0.191 e. The fraction of sp³-hybridized carbons (Fsp3) is 0.478. The molecule has 1 fully saturated rings. The molecule has 0 aliphatic carbocycles. The van der Waals surface area contributed by atoms with Gasteiger partial charge in [-0.2, -0.15) is 0 Å². The Bertz CT molecular complexity index is 768. The van der Waals surface area contributed by atoms with Crippen molar-refractivity contribution < 1.29 is 0 Å². The van der Waals surface area contributed by atoms with Gasteiger partial charge in [-0.1, -0.05) is 36.4 Å². The summed E-state index contributed by atoms with van der Waals surface area (Å²) in [4.78, 5) is 14.0. The van der Waals surface area contributed by atoms with E-state index >= 15 is 0 Å². The van der Waals surface area contributed by atoms with Gasteiger partial charge in [0.25, 0.3) is 0 Å². The highest BCUT2D eigenvalue weighted by Crippen LogP contribution is 2.24. The summed E-state index contributed by atoms with van der Waals surface area (Å²) in [5.41, 5.74) is 2.32. The highest BCUT2D eigenvalue weighted by atomic mass is 15.2. The molecule has 1 aliphatic heterocycles. The van der Waals surface area contributed by atoms with Crippen molar-refractivity contribution in [1.29, 1.82) is 0 Å². The van der Waals surface area contributed by atoms with Gasteiger partial charge < -0.3 is 15.5 Å². The molecule has 1 unspecified atom stereocenters. The Morgan fingerprint density at radius 1 is 1.07 bits per heavy atom. The van der Waals surface area contributed by atoms with E-state index in [0.717, 1.165) is 43.7 Å². The number of benzene rings is 1. The third kappa shape index (κ3) is 6.19. The molecule has 1 aromatic carbocycles. The lowest BCUT2D eigenvalue weighted by Gasteiger charge is -2.29. The predicted molar refractivity (Wildman–Crippen MR) is 121 cm³/mol. The molecule has 1 aliphatic rings. The Balaban J connectivity index is 1.68. The molecule has 2 aromatic rings. The first-order valence-electron chi connectivity index (χ1n) is 10.6. The number of aliphatic imine (C=N–C) groups is 1. The standard InChI is InChI=1S/C23H34N6/c1-4-24-23(25-17-20-13-10-14-22(27-20)28(2)3)26-18-21(29-15-8-9-16-29)19-11-6-5-7-12-19/h5-7,10-14,21H,4,8-9,15-18H2,1-3H3,(H2,24,25,26). The molecule has 6 heteroatoms. The summed E-state index contributed by atoms with van der Waals surface area (Å²) in [6.45, 7) is 6.64. The second-order valence-corrected chi connectivity index (χ2v) is 7.63. The number of nitrogens with zero attached hydrogens (tertiary/aromatic N) is 4. The number of hydrogen-bond acceptors (Lipinski definition) is 4. The summed E-state index contributed by atoms with van der Waals surface area (Å²) in [5, 5.41) is 6.93. The van der Waals surface area contributed by atoms with E-state index < -0.39 is 0 Å². The van der Waals surface area contributed by atoms with Crippen molar-refractivity contribution >= 4 is 11.8 Å². The van der Waals surface area contributed by atoms with Crippen LogP contribution >= 0.6 is 0 Å². The fourth-order valence-corrected chi connectivity index (χ4v) is 3.69. The lowest BCUT2D eigenvalue weighted by molar-refractivity contribution is 0.245. The molecule has 0 radical (unpaired) electrons. The molecule has 29 heavy (non-hydrogen) atoms. The molecule has 3 rings (SSSR count). The van der Waals surface area contributed by atoms with E-state index in [1.54, 1.807) is 0 Å². The number of aromatic nitrogens is 1. The highest BCUT2D eigenvalue weighted by Gasteiger charge is 2.23. The average molecular weight is 395 g/mol. The third-order valence-corrected chi connectivity index (χ3v) is 5.22. The summed E-state index contributed by atoms with van der Waals surface area (Å²) in [5.74, 6) is 1.79. The molecule has 2 N–H and O–H groups in total. The Kier molecular flexibility index (Phi) is 7.87. The number of guanidine groups is 1. The van der Waals surface area contributed by atoms with E-state index in [4.69, 9.17) is 4.99 Å². The number of likely N-dealkylation sites (tertiary alicyclic amines) is 1. The lowest BCUT2D eigenvalue weighted by atomic mass is 10.1.